The predicted molar refractivity (Wildman–Crippen MR) is 55.4 cm³/mol. The lowest BCUT2D eigenvalue weighted by Crippen LogP contribution is -2.15. The minimum Gasteiger partial charge on any atom is -0.477 e. The quantitative estimate of drug-likeness (QED) is 0.754. The third-order valence-electron chi connectivity index (χ3n) is 2.29. The van der Waals surface area contributed by atoms with Gasteiger partial charge in [-0.1, -0.05) is 0 Å². The highest BCUT2D eigenvalue weighted by Gasteiger charge is 2.23. The van der Waals surface area contributed by atoms with Gasteiger partial charge in [-0.25, -0.2) is 4.98 Å². The number of ether oxygens (including phenoxy) is 1. The molecule has 1 aromatic rings. The number of pyridine rings is 1. The monoisotopic (exact) mass is 207 g/mol. The molecule has 0 saturated heterocycles. The second-order valence-electron chi connectivity index (χ2n) is 3.74. The molecule has 1 saturated carbocycles. The van der Waals surface area contributed by atoms with E-state index in [9.17, 15) is 4.79 Å². The maximum Gasteiger partial charge on any atom is 0.254 e. The average Bonchev–Trinajstić information content (AvgIpc) is 2.99. The highest BCUT2D eigenvalue weighted by Crippen LogP contribution is 2.29. The summed E-state index contributed by atoms with van der Waals surface area (Å²) in [7, 11) is 0. The molecular weight excluding hydrogens is 194 g/mol. The van der Waals surface area contributed by atoms with Crippen molar-refractivity contribution in [2.75, 3.05) is 12.3 Å². The van der Waals surface area contributed by atoms with Crippen molar-refractivity contribution in [3.8, 4) is 5.88 Å². The molecule has 5 nitrogen and oxygen atoms in total. The summed E-state index contributed by atoms with van der Waals surface area (Å²) in [6, 6.07) is 1.48. The number of rotatable bonds is 4. The average molecular weight is 207 g/mol. The molecule has 1 amide bonds. The first-order valence-electron chi connectivity index (χ1n) is 4.85. The Balaban J connectivity index is 2.15. The van der Waals surface area contributed by atoms with Gasteiger partial charge < -0.3 is 16.2 Å². The second-order valence-corrected chi connectivity index (χ2v) is 3.74. The van der Waals surface area contributed by atoms with Crippen LogP contribution >= 0.6 is 0 Å². The molecule has 15 heavy (non-hydrogen) atoms. The van der Waals surface area contributed by atoms with Crippen molar-refractivity contribution in [2.24, 2.45) is 11.7 Å². The van der Waals surface area contributed by atoms with E-state index >= 15 is 0 Å². The fraction of sp³-hybridized carbons (Fsp3) is 0.400. The van der Waals surface area contributed by atoms with Gasteiger partial charge >= 0.3 is 0 Å². The summed E-state index contributed by atoms with van der Waals surface area (Å²) in [5.41, 5.74) is 11.3. The zero-order valence-electron chi connectivity index (χ0n) is 8.27. The molecule has 1 aromatic heterocycles. The fourth-order valence-corrected chi connectivity index (χ4v) is 1.24. The molecule has 0 unspecified atom stereocenters. The summed E-state index contributed by atoms with van der Waals surface area (Å²) in [6.45, 7) is 0.594. The summed E-state index contributed by atoms with van der Waals surface area (Å²) in [4.78, 5) is 15.0. The van der Waals surface area contributed by atoms with E-state index in [-0.39, 0.29) is 11.4 Å². The van der Waals surface area contributed by atoms with Gasteiger partial charge in [0.15, 0.2) is 0 Å². The Morgan fingerprint density at radius 1 is 1.60 bits per heavy atom. The van der Waals surface area contributed by atoms with E-state index in [0.717, 1.165) is 0 Å². The number of nitrogens with zero attached hydrogens (tertiary/aromatic N) is 1. The summed E-state index contributed by atoms with van der Waals surface area (Å²) < 4.78 is 5.41. The molecule has 5 heteroatoms. The number of nitrogen functional groups attached to an aromatic ring is 1. The van der Waals surface area contributed by atoms with Crippen molar-refractivity contribution in [1.82, 2.24) is 4.98 Å². The summed E-state index contributed by atoms with van der Waals surface area (Å²) in [6.07, 6.45) is 3.82. The molecule has 1 fully saturated rings. The van der Waals surface area contributed by atoms with Gasteiger partial charge in [-0.05, 0) is 24.8 Å². The van der Waals surface area contributed by atoms with Crippen molar-refractivity contribution in [1.29, 1.82) is 0 Å². The minimum atomic E-state index is -0.569. The van der Waals surface area contributed by atoms with Crippen molar-refractivity contribution in [3.63, 3.8) is 0 Å². The van der Waals surface area contributed by atoms with E-state index in [0.29, 0.717) is 18.2 Å². The van der Waals surface area contributed by atoms with Gasteiger partial charge in [-0.2, -0.15) is 0 Å². The van der Waals surface area contributed by atoms with Crippen molar-refractivity contribution in [3.05, 3.63) is 17.8 Å². The third kappa shape index (κ3) is 2.37. The SMILES string of the molecule is NC(=O)c1cc(N)cnc1OCC1CC1. The number of hydrogen-bond donors (Lipinski definition) is 2. The van der Waals surface area contributed by atoms with Gasteiger partial charge in [-0.3, -0.25) is 4.79 Å². The lowest BCUT2D eigenvalue weighted by atomic mass is 10.2. The standard InChI is InChI=1S/C10H13N3O2/c11-7-3-8(9(12)14)10(13-4-7)15-5-6-1-2-6/h3-4,6H,1-2,5,11H2,(H2,12,14). The van der Waals surface area contributed by atoms with Crippen LogP contribution in [0.2, 0.25) is 0 Å². The third-order valence-corrected chi connectivity index (χ3v) is 2.29. The number of nitrogens with two attached hydrogens (primary N) is 2. The number of aromatic nitrogens is 1. The molecule has 1 aliphatic carbocycles. The molecule has 0 aliphatic heterocycles. The van der Waals surface area contributed by atoms with Gasteiger partial charge in [-0.15, -0.1) is 0 Å². The topological polar surface area (TPSA) is 91.2 Å². The van der Waals surface area contributed by atoms with E-state index in [2.05, 4.69) is 4.98 Å². The van der Waals surface area contributed by atoms with Gasteiger partial charge in [0.25, 0.3) is 5.91 Å². The van der Waals surface area contributed by atoms with Crippen LogP contribution in [0.3, 0.4) is 0 Å². The Morgan fingerprint density at radius 3 is 2.93 bits per heavy atom. The second kappa shape index (κ2) is 3.76. The lowest BCUT2D eigenvalue weighted by Gasteiger charge is -2.07. The highest BCUT2D eigenvalue weighted by molar-refractivity contribution is 5.95. The van der Waals surface area contributed by atoms with Crippen LogP contribution in [0.15, 0.2) is 12.3 Å². The Morgan fingerprint density at radius 2 is 2.33 bits per heavy atom. The Bertz CT molecular complexity index is 388. The van der Waals surface area contributed by atoms with E-state index in [4.69, 9.17) is 16.2 Å². The van der Waals surface area contributed by atoms with Crippen LogP contribution in [0.5, 0.6) is 5.88 Å². The fourth-order valence-electron chi connectivity index (χ4n) is 1.24. The number of carbonyl (C=O) groups is 1. The van der Waals surface area contributed by atoms with Gasteiger partial charge in [0.1, 0.15) is 5.56 Å². The van der Waals surface area contributed by atoms with Crippen LogP contribution in [0.1, 0.15) is 23.2 Å². The van der Waals surface area contributed by atoms with Crippen LogP contribution in [-0.4, -0.2) is 17.5 Å². The molecule has 0 radical (unpaired) electrons. The Labute approximate surface area is 87.4 Å². The normalized spacial score (nSPS) is 14.9. The molecule has 4 N–H and O–H groups in total. The van der Waals surface area contributed by atoms with Crippen LogP contribution in [-0.2, 0) is 0 Å². The molecule has 0 atom stereocenters. The van der Waals surface area contributed by atoms with E-state index < -0.39 is 5.91 Å². The number of primary amides is 1. The van der Waals surface area contributed by atoms with Crippen LogP contribution in [0.25, 0.3) is 0 Å². The molecule has 0 aromatic carbocycles. The molecule has 80 valence electrons. The van der Waals surface area contributed by atoms with Gasteiger partial charge in [0.2, 0.25) is 5.88 Å². The maximum absolute atomic E-state index is 11.1. The van der Waals surface area contributed by atoms with Gasteiger partial charge in [0.05, 0.1) is 18.5 Å². The largest absolute Gasteiger partial charge is 0.477 e. The zero-order valence-corrected chi connectivity index (χ0v) is 8.27. The maximum atomic E-state index is 11.1. The van der Waals surface area contributed by atoms with Gasteiger partial charge in [0, 0.05) is 0 Å². The molecule has 0 spiro atoms. The minimum absolute atomic E-state index is 0.246. The van der Waals surface area contributed by atoms with E-state index in [1.165, 1.54) is 25.1 Å². The van der Waals surface area contributed by atoms with E-state index in [1.807, 2.05) is 0 Å². The van der Waals surface area contributed by atoms with Crippen molar-refractivity contribution >= 4 is 11.6 Å². The predicted octanol–water partition coefficient (Wildman–Crippen LogP) is 0.551. The molecule has 2 rings (SSSR count). The summed E-state index contributed by atoms with van der Waals surface area (Å²) >= 11 is 0. The number of carbonyl (C=O) groups excluding carboxylic acids is 1. The molecule has 0 bridgehead atoms. The lowest BCUT2D eigenvalue weighted by molar-refractivity contribution is 0.0995. The van der Waals surface area contributed by atoms with Crippen LogP contribution < -0.4 is 16.2 Å². The molecule has 1 aliphatic rings. The smallest absolute Gasteiger partial charge is 0.254 e. The first-order valence-corrected chi connectivity index (χ1v) is 4.85. The number of anilines is 1. The summed E-state index contributed by atoms with van der Waals surface area (Å²) in [5.74, 6) is 0.314. The van der Waals surface area contributed by atoms with Crippen molar-refractivity contribution in [2.45, 2.75) is 12.8 Å². The van der Waals surface area contributed by atoms with Crippen LogP contribution in [0.4, 0.5) is 5.69 Å². The molecule has 1 heterocycles. The van der Waals surface area contributed by atoms with Crippen LogP contribution in [0, 0.1) is 5.92 Å². The number of hydrogen-bond acceptors (Lipinski definition) is 4. The first kappa shape index (κ1) is 9.76. The zero-order chi connectivity index (χ0) is 10.8. The summed E-state index contributed by atoms with van der Waals surface area (Å²) in [5, 5.41) is 0. The Hall–Kier alpha value is -1.78. The first-order chi connectivity index (χ1) is 7.16. The van der Waals surface area contributed by atoms with Crippen molar-refractivity contribution < 1.29 is 9.53 Å². The van der Waals surface area contributed by atoms with E-state index in [1.54, 1.807) is 0 Å². The highest BCUT2D eigenvalue weighted by atomic mass is 16.5. The Kier molecular flexibility index (Phi) is 2.45. The molecular formula is C10H13N3O2. The number of amides is 1.